The van der Waals surface area contributed by atoms with E-state index in [0.717, 1.165) is 11.5 Å². The van der Waals surface area contributed by atoms with Crippen LogP contribution in [0.25, 0.3) is 0 Å². The Bertz CT molecular complexity index is 1180. The summed E-state index contributed by atoms with van der Waals surface area (Å²) in [5.74, 6) is 2.08. The third-order valence-electron chi connectivity index (χ3n) is 5.99. The predicted molar refractivity (Wildman–Crippen MR) is 141 cm³/mol. The van der Waals surface area contributed by atoms with E-state index < -0.39 is 7.92 Å². The van der Waals surface area contributed by atoms with E-state index in [4.69, 9.17) is 4.74 Å². The number of hydrogen-bond donors (Lipinski definition) is 0. The van der Waals surface area contributed by atoms with Gasteiger partial charge in [-0.3, -0.25) is 0 Å². The number of benzene rings is 4. The second-order valence-corrected chi connectivity index (χ2v) is 12.1. The van der Waals surface area contributed by atoms with Crippen LogP contribution in [0.3, 0.4) is 0 Å². The number of ether oxygens (including phenoxy) is 1. The summed E-state index contributed by atoms with van der Waals surface area (Å²) in [6.45, 7) is 4.64. The first-order chi connectivity index (χ1) is 15.1. The molecule has 0 saturated carbocycles. The maximum Gasteiger partial charge on any atom is 0.139 e. The molecular weight excluding hydrogens is 433 g/mol. The number of rotatable bonds is 4. The minimum Gasteiger partial charge on any atom is -0.455 e. The molecule has 4 aromatic rings. The van der Waals surface area contributed by atoms with Crippen LogP contribution in [0.4, 0.5) is 0 Å². The molecule has 2 atom stereocenters. The Morgan fingerprint density at radius 2 is 1.23 bits per heavy atom. The topological polar surface area (TPSA) is 9.23 Å². The summed E-state index contributed by atoms with van der Waals surface area (Å²) >= 11 is 0. The van der Waals surface area contributed by atoms with Crippen LogP contribution in [-0.4, -0.2) is 0 Å². The highest BCUT2D eigenvalue weighted by molar-refractivity contribution is 8.06. The lowest BCUT2D eigenvalue weighted by Crippen LogP contribution is -2.31. The van der Waals surface area contributed by atoms with Crippen LogP contribution in [0.1, 0.15) is 25.0 Å². The molecule has 4 heteroatoms. The van der Waals surface area contributed by atoms with Crippen LogP contribution in [0.5, 0.6) is 11.5 Å². The molecule has 0 N–H and O–H groups in total. The van der Waals surface area contributed by atoms with Crippen molar-refractivity contribution < 1.29 is 4.74 Å². The van der Waals surface area contributed by atoms with Crippen molar-refractivity contribution in [3.63, 3.8) is 0 Å². The van der Waals surface area contributed by atoms with Crippen LogP contribution in [-0.2, 0) is 5.41 Å². The largest absolute Gasteiger partial charge is 0.455 e. The average Bonchev–Trinajstić information content (AvgIpc) is 2.81. The van der Waals surface area contributed by atoms with Crippen molar-refractivity contribution in [1.29, 1.82) is 0 Å². The number of fused-ring (bicyclic) bond motifs is 2. The lowest BCUT2D eigenvalue weighted by Gasteiger charge is -2.37. The molecule has 31 heavy (non-hydrogen) atoms. The van der Waals surface area contributed by atoms with Crippen molar-refractivity contribution in [2.45, 2.75) is 19.3 Å². The fraction of sp³-hybridized carbons (Fsp3) is 0.111. The zero-order chi connectivity index (χ0) is 21.4. The van der Waals surface area contributed by atoms with E-state index in [1.165, 1.54) is 32.3 Å². The molecular formula is C27H25OP3. The van der Waals surface area contributed by atoms with E-state index >= 15 is 0 Å². The van der Waals surface area contributed by atoms with Gasteiger partial charge < -0.3 is 4.74 Å². The molecule has 0 spiro atoms. The zero-order valence-corrected chi connectivity index (χ0v) is 20.7. The molecule has 0 fully saturated rings. The van der Waals surface area contributed by atoms with Crippen molar-refractivity contribution in [3.05, 3.63) is 108 Å². The standard InChI is InChI=1S/C27H25OP3/c1-27(2)21-15-9-17-23(30-29)25(21)28-26-22(27)16-10-18-24(26)31(19-11-5-3-6-12-19)20-13-7-4-8-14-20/h3-18,30H,29H2,1-2H3. The van der Waals surface area contributed by atoms with Gasteiger partial charge in [0.2, 0.25) is 0 Å². The third kappa shape index (κ3) is 3.64. The number of hydrogen-bond acceptors (Lipinski definition) is 1. The highest BCUT2D eigenvalue weighted by Crippen LogP contribution is 2.50. The summed E-state index contributed by atoms with van der Waals surface area (Å²) in [5.41, 5.74) is 2.42. The van der Waals surface area contributed by atoms with Gasteiger partial charge in [0.15, 0.2) is 0 Å². The van der Waals surface area contributed by atoms with E-state index in [0.29, 0.717) is 8.27 Å². The Kier molecular flexibility index (Phi) is 5.71. The number of para-hydroxylation sites is 2. The highest BCUT2D eigenvalue weighted by atomic mass is 32.0. The van der Waals surface area contributed by atoms with Gasteiger partial charge in [0.1, 0.15) is 11.5 Å². The smallest absolute Gasteiger partial charge is 0.139 e. The third-order valence-corrected chi connectivity index (χ3v) is 10.1. The minimum absolute atomic E-state index is 0.117. The molecule has 0 radical (unpaired) electrons. The van der Waals surface area contributed by atoms with Crippen molar-refractivity contribution in [1.82, 2.24) is 0 Å². The lowest BCUT2D eigenvalue weighted by atomic mass is 9.76. The normalized spacial score (nSPS) is 14.3. The fourth-order valence-electron chi connectivity index (χ4n) is 4.38. The van der Waals surface area contributed by atoms with E-state index in [1.54, 1.807) is 0 Å². The highest BCUT2D eigenvalue weighted by Gasteiger charge is 2.37. The Labute approximate surface area is 189 Å². The van der Waals surface area contributed by atoms with Gasteiger partial charge in [-0.05, 0) is 18.5 Å². The van der Waals surface area contributed by atoms with Gasteiger partial charge in [0.05, 0.1) is 0 Å². The van der Waals surface area contributed by atoms with Gasteiger partial charge in [-0.2, -0.15) is 0 Å². The molecule has 1 aliphatic rings. The maximum atomic E-state index is 6.80. The summed E-state index contributed by atoms with van der Waals surface area (Å²) < 4.78 is 6.80. The molecule has 0 aliphatic carbocycles. The summed E-state index contributed by atoms with van der Waals surface area (Å²) in [7, 11) is 2.76. The Balaban J connectivity index is 1.76. The van der Waals surface area contributed by atoms with Crippen molar-refractivity contribution >= 4 is 46.3 Å². The van der Waals surface area contributed by atoms with Crippen molar-refractivity contribution in [2.75, 3.05) is 0 Å². The minimum atomic E-state index is -0.733. The Morgan fingerprint density at radius 1 is 0.677 bits per heavy atom. The summed E-state index contributed by atoms with van der Waals surface area (Å²) in [6.07, 6.45) is 0. The monoisotopic (exact) mass is 458 g/mol. The Morgan fingerprint density at radius 3 is 1.81 bits per heavy atom. The van der Waals surface area contributed by atoms with E-state index in [9.17, 15) is 0 Å². The van der Waals surface area contributed by atoms with Gasteiger partial charge in [-0.15, -0.1) is 8.93 Å². The average molecular weight is 458 g/mol. The van der Waals surface area contributed by atoms with Gasteiger partial charge >= 0.3 is 0 Å². The van der Waals surface area contributed by atoms with E-state index in [2.05, 4.69) is 120 Å². The summed E-state index contributed by atoms with van der Waals surface area (Å²) in [5, 5.41) is 5.22. The first-order valence-corrected chi connectivity index (χ1v) is 14.6. The fourth-order valence-corrected chi connectivity index (χ4v) is 7.97. The van der Waals surface area contributed by atoms with Gasteiger partial charge in [-0.1, -0.05) is 119 Å². The van der Waals surface area contributed by atoms with Crippen LogP contribution in [0, 0.1) is 0 Å². The van der Waals surface area contributed by atoms with Crippen LogP contribution in [0.15, 0.2) is 97.1 Å². The zero-order valence-electron chi connectivity index (χ0n) is 17.7. The van der Waals surface area contributed by atoms with Crippen molar-refractivity contribution in [3.8, 4) is 11.5 Å². The van der Waals surface area contributed by atoms with Crippen LogP contribution < -0.4 is 26.0 Å². The van der Waals surface area contributed by atoms with Gasteiger partial charge in [-0.25, -0.2) is 0 Å². The SMILES string of the molecule is CC1(C)c2cccc(PP)c2Oc2c(P(c3ccccc3)c3ccccc3)cccc21. The van der Waals surface area contributed by atoms with Crippen LogP contribution >= 0.6 is 25.1 Å². The molecule has 2 unspecified atom stereocenters. The molecule has 5 rings (SSSR count). The molecule has 0 bridgehead atoms. The van der Waals surface area contributed by atoms with Crippen LogP contribution in [0.2, 0.25) is 0 Å². The second kappa shape index (κ2) is 8.48. The van der Waals surface area contributed by atoms with E-state index in [1.807, 2.05) is 0 Å². The molecule has 4 aromatic carbocycles. The molecule has 0 aromatic heterocycles. The lowest BCUT2D eigenvalue weighted by molar-refractivity contribution is 0.425. The maximum absolute atomic E-state index is 6.80. The molecule has 0 saturated heterocycles. The Hall–Kier alpha value is -2.03. The summed E-state index contributed by atoms with van der Waals surface area (Å²) in [6, 6.07) is 35.0. The summed E-state index contributed by atoms with van der Waals surface area (Å²) in [4.78, 5) is 0. The quantitative estimate of drug-likeness (QED) is 0.343. The van der Waals surface area contributed by atoms with Gasteiger partial charge in [0.25, 0.3) is 0 Å². The first kappa shape index (κ1) is 20.8. The molecule has 154 valence electrons. The molecule has 1 heterocycles. The second-order valence-electron chi connectivity index (χ2n) is 8.21. The predicted octanol–water partition coefficient (Wildman–Crippen LogP) is 5.97. The van der Waals surface area contributed by atoms with Crippen molar-refractivity contribution in [2.24, 2.45) is 0 Å². The molecule has 1 nitrogen and oxygen atoms in total. The van der Waals surface area contributed by atoms with Gasteiger partial charge in [0, 0.05) is 27.2 Å². The molecule has 0 amide bonds. The van der Waals surface area contributed by atoms with E-state index in [-0.39, 0.29) is 5.41 Å². The first-order valence-electron chi connectivity index (χ1n) is 10.4. The molecule has 1 aliphatic heterocycles.